The van der Waals surface area contributed by atoms with Gasteiger partial charge in [-0.05, 0) is 49.7 Å². The van der Waals surface area contributed by atoms with Gasteiger partial charge < -0.3 is 10.2 Å². The van der Waals surface area contributed by atoms with E-state index in [0.717, 1.165) is 30.0 Å². The molecule has 1 aromatic heterocycles. The third-order valence-corrected chi connectivity index (χ3v) is 4.48. The monoisotopic (exact) mass is 366 g/mol. The highest BCUT2D eigenvalue weighted by Crippen LogP contribution is 2.15. The number of anilines is 1. The minimum Gasteiger partial charge on any atom is -0.375 e. The minimum absolute atomic E-state index is 0.150. The van der Waals surface area contributed by atoms with E-state index in [9.17, 15) is 9.18 Å². The molecule has 3 rings (SSSR count). The second kappa shape index (κ2) is 8.49. The van der Waals surface area contributed by atoms with Crippen molar-refractivity contribution in [3.63, 3.8) is 0 Å². The van der Waals surface area contributed by atoms with Crippen LogP contribution in [0.15, 0.2) is 60.8 Å². The Morgan fingerprint density at radius 1 is 1.15 bits per heavy atom. The van der Waals surface area contributed by atoms with E-state index in [0.29, 0.717) is 12.1 Å². The molecule has 0 spiro atoms. The fourth-order valence-electron chi connectivity index (χ4n) is 2.90. The van der Waals surface area contributed by atoms with E-state index in [2.05, 4.69) is 27.4 Å². The first-order valence-corrected chi connectivity index (χ1v) is 8.91. The average Bonchev–Trinajstić information content (AvgIpc) is 3.07. The van der Waals surface area contributed by atoms with Gasteiger partial charge in [-0.1, -0.05) is 18.2 Å². The number of carbonyl (C=O) groups is 1. The number of nitrogens with one attached hydrogen (secondary N) is 1. The van der Waals surface area contributed by atoms with Gasteiger partial charge in [0, 0.05) is 25.8 Å². The van der Waals surface area contributed by atoms with Gasteiger partial charge in [-0.3, -0.25) is 4.79 Å². The van der Waals surface area contributed by atoms with Crippen LogP contribution in [0.2, 0.25) is 0 Å². The van der Waals surface area contributed by atoms with Crippen LogP contribution in [0.3, 0.4) is 0 Å². The highest BCUT2D eigenvalue weighted by atomic mass is 19.1. The molecule has 3 aromatic rings. The third-order valence-electron chi connectivity index (χ3n) is 4.48. The molecule has 0 aliphatic carbocycles. The Kier molecular flexibility index (Phi) is 5.86. The van der Waals surface area contributed by atoms with Crippen molar-refractivity contribution in [3.05, 3.63) is 77.9 Å². The third kappa shape index (κ3) is 4.53. The summed E-state index contributed by atoms with van der Waals surface area (Å²) in [7, 11) is 2.04. The zero-order chi connectivity index (χ0) is 19.2. The number of rotatable bonds is 7. The predicted octanol–water partition coefficient (Wildman–Crippen LogP) is 3.58. The van der Waals surface area contributed by atoms with Crippen molar-refractivity contribution in [2.45, 2.75) is 13.3 Å². The van der Waals surface area contributed by atoms with Crippen LogP contribution in [0.5, 0.6) is 0 Å². The second-order valence-corrected chi connectivity index (χ2v) is 6.40. The molecule has 1 heterocycles. The summed E-state index contributed by atoms with van der Waals surface area (Å²) in [5.41, 5.74) is 3.12. The number of hydrogen-bond donors (Lipinski definition) is 1. The van der Waals surface area contributed by atoms with Gasteiger partial charge in [-0.25, -0.2) is 9.07 Å². The van der Waals surface area contributed by atoms with Crippen LogP contribution in [-0.4, -0.2) is 35.8 Å². The normalized spacial score (nSPS) is 10.6. The van der Waals surface area contributed by atoms with E-state index < -0.39 is 0 Å². The molecule has 0 aliphatic rings. The molecule has 1 N–H and O–H groups in total. The predicted molar refractivity (Wildman–Crippen MR) is 105 cm³/mol. The Morgan fingerprint density at radius 3 is 2.56 bits per heavy atom. The van der Waals surface area contributed by atoms with Crippen LogP contribution in [0.4, 0.5) is 10.1 Å². The summed E-state index contributed by atoms with van der Waals surface area (Å²) >= 11 is 0. The second-order valence-electron chi connectivity index (χ2n) is 6.40. The van der Waals surface area contributed by atoms with Gasteiger partial charge in [0.25, 0.3) is 5.91 Å². The van der Waals surface area contributed by atoms with Crippen molar-refractivity contribution >= 4 is 11.6 Å². The van der Waals surface area contributed by atoms with Crippen molar-refractivity contribution < 1.29 is 9.18 Å². The standard InChI is InChI=1S/C21H23FN4O/c1-16-20(15-24-26(16)19-11-9-17(22)10-12-19)21(27)23-13-6-14-25(2)18-7-4-3-5-8-18/h3-5,7-12,15H,6,13-14H2,1-2H3,(H,23,27). The number of nitrogens with zero attached hydrogens (tertiary/aromatic N) is 3. The molecule has 0 atom stereocenters. The topological polar surface area (TPSA) is 50.2 Å². The molecule has 6 heteroatoms. The van der Waals surface area contributed by atoms with Gasteiger partial charge in [0.05, 0.1) is 23.1 Å². The summed E-state index contributed by atoms with van der Waals surface area (Å²) in [4.78, 5) is 14.6. The lowest BCUT2D eigenvalue weighted by Gasteiger charge is -2.19. The fourth-order valence-corrected chi connectivity index (χ4v) is 2.90. The molecule has 0 radical (unpaired) electrons. The number of carbonyl (C=O) groups excluding carboxylic acids is 1. The molecular weight excluding hydrogens is 343 g/mol. The lowest BCUT2D eigenvalue weighted by Crippen LogP contribution is -2.28. The molecular formula is C21H23FN4O. The first-order chi connectivity index (χ1) is 13.1. The van der Waals surface area contributed by atoms with Crippen LogP contribution < -0.4 is 10.2 Å². The summed E-state index contributed by atoms with van der Waals surface area (Å²) in [6.07, 6.45) is 2.38. The Labute approximate surface area is 158 Å². The Morgan fingerprint density at radius 2 is 1.85 bits per heavy atom. The fraction of sp³-hybridized carbons (Fsp3) is 0.238. The highest BCUT2D eigenvalue weighted by Gasteiger charge is 2.14. The Balaban J connectivity index is 1.53. The van der Waals surface area contributed by atoms with E-state index >= 15 is 0 Å². The summed E-state index contributed by atoms with van der Waals surface area (Å²) in [5.74, 6) is -0.453. The molecule has 2 aromatic carbocycles. The van der Waals surface area contributed by atoms with E-state index in [1.807, 2.05) is 32.2 Å². The van der Waals surface area contributed by atoms with E-state index in [-0.39, 0.29) is 11.7 Å². The van der Waals surface area contributed by atoms with Gasteiger partial charge in [-0.15, -0.1) is 0 Å². The Hall–Kier alpha value is -3.15. The molecule has 0 saturated heterocycles. The van der Waals surface area contributed by atoms with E-state index in [1.165, 1.54) is 12.1 Å². The summed E-state index contributed by atoms with van der Waals surface area (Å²) < 4.78 is 14.7. The summed E-state index contributed by atoms with van der Waals surface area (Å²) in [6, 6.07) is 16.2. The summed E-state index contributed by atoms with van der Waals surface area (Å²) in [6.45, 7) is 3.25. The van der Waals surface area contributed by atoms with Gasteiger partial charge in [0.2, 0.25) is 0 Å². The number of benzene rings is 2. The number of hydrogen-bond acceptors (Lipinski definition) is 3. The van der Waals surface area contributed by atoms with Crippen molar-refractivity contribution in [3.8, 4) is 5.69 Å². The molecule has 0 saturated carbocycles. The largest absolute Gasteiger partial charge is 0.375 e. The molecule has 0 fully saturated rings. The average molecular weight is 366 g/mol. The van der Waals surface area contributed by atoms with Crippen LogP contribution >= 0.6 is 0 Å². The quantitative estimate of drug-likeness (QED) is 0.650. The van der Waals surface area contributed by atoms with Crippen LogP contribution in [0, 0.1) is 12.7 Å². The maximum Gasteiger partial charge on any atom is 0.254 e. The number of aromatic nitrogens is 2. The number of para-hydroxylation sites is 1. The van der Waals surface area contributed by atoms with Gasteiger partial charge in [0.15, 0.2) is 0 Å². The van der Waals surface area contributed by atoms with Gasteiger partial charge >= 0.3 is 0 Å². The van der Waals surface area contributed by atoms with Crippen molar-refractivity contribution in [1.29, 1.82) is 0 Å². The molecule has 140 valence electrons. The maximum atomic E-state index is 13.1. The Bertz CT molecular complexity index is 890. The van der Waals surface area contributed by atoms with E-state index in [1.54, 1.807) is 23.0 Å². The number of halogens is 1. The van der Waals surface area contributed by atoms with Gasteiger partial charge in [0.1, 0.15) is 5.82 Å². The van der Waals surface area contributed by atoms with Crippen LogP contribution in [0.1, 0.15) is 22.5 Å². The van der Waals surface area contributed by atoms with Crippen LogP contribution in [0.25, 0.3) is 5.69 Å². The van der Waals surface area contributed by atoms with E-state index in [4.69, 9.17) is 0 Å². The first kappa shape index (κ1) is 18.6. The molecule has 5 nitrogen and oxygen atoms in total. The van der Waals surface area contributed by atoms with Crippen LogP contribution in [-0.2, 0) is 0 Å². The molecule has 1 amide bonds. The van der Waals surface area contributed by atoms with Gasteiger partial charge in [-0.2, -0.15) is 5.10 Å². The molecule has 0 unspecified atom stereocenters. The lowest BCUT2D eigenvalue weighted by molar-refractivity contribution is 0.0953. The molecule has 27 heavy (non-hydrogen) atoms. The smallest absolute Gasteiger partial charge is 0.254 e. The zero-order valence-electron chi connectivity index (χ0n) is 15.5. The zero-order valence-corrected chi connectivity index (χ0v) is 15.5. The number of amides is 1. The SMILES string of the molecule is Cc1c(C(=O)NCCCN(C)c2ccccc2)cnn1-c1ccc(F)cc1. The highest BCUT2D eigenvalue weighted by molar-refractivity contribution is 5.95. The summed E-state index contributed by atoms with van der Waals surface area (Å²) in [5, 5.41) is 7.20. The lowest BCUT2D eigenvalue weighted by atomic mass is 10.2. The molecule has 0 aliphatic heterocycles. The maximum absolute atomic E-state index is 13.1. The molecule has 0 bridgehead atoms. The first-order valence-electron chi connectivity index (χ1n) is 8.91. The van der Waals surface area contributed by atoms with Crippen molar-refractivity contribution in [2.75, 3.05) is 25.0 Å². The van der Waals surface area contributed by atoms with Crippen molar-refractivity contribution in [2.24, 2.45) is 0 Å². The minimum atomic E-state index is -0.304. The van der Waals surface area contributed by atoms with Crippen molar-refractivity contribution in [1.82, 2.24) is 15.1 Å².